The van der Waals surface area contributed by atoms with E-state index in [1.165, 1.54) is 47.9 Å². The molecule has 1 aromatic heterocycles. The van der Waals surface area contributed by atoms with Crippen molar-refractivity contribution < 1.29 is 0 Å². The third kappa shape index (κ3) is 5.05. The summed E-state index contributed by atoms with van der Waals surface area (Å²) >= 11 is 0. The van der Waals surface area contributed by atoms with Crippen LogP contribution in [0.25, 0.3) is 11.1 Å². The number of hydrogen-bond acceptors (Lipinski definition) is 2. The summed E-state index contributed by atoms with van der Waals surface area (Å²) in [6.07, 6.45) is 10.8. The molecule has 0 aliphatic heterocycles. The number of aliphatic imine (C=N–C) groups is 1. The topological polar surface area (TPSA) is 54.2 Å². The van der Waals surface area contributed by atoms with Crippen LogP contribution < -0.4 is 10.6 Å². The van der Waals surface area contributed by atoms with Crippen molar-refractivity contribution in [2.45, 2.75) is 44.8 Å². The van der Waals surface area contributed by atoms with Crippen molar-refractivity contribution in [3.63, 3.8) is 0 Å². The molecule has 1 aliphatic carbocycles. The lowest BCUT2D eigenvalue weighted by Crippen LogP contribution is -2.42. The first-order valence-electron chi connectivity index (χ1n) is 10.4. The Hall–Kier alpha value is -3.08. The maximum atomic E-state index is 4.40. The molecule has 1 heterocycles. The molecule has 5 heteroatoms. The molecule has 2 aromatic carbocycles. The molecule has 3 aromatic rings. The first-order chi connectivity index (χ1) is 14.3. The Morgan fingerprint density at radius 3 is 2.62 bits per heavy atom. The highest BCUT2D eigenvalue weighted by Gasteiger charge is 2.16. The smallest absolute Gasteiger partial charge is 0.191 e. The summed E-state index contributed by atoms with van der Waals surface area (Å²) in [5.41, 5.74) is 5.02. The second-order valence-corrected chi connectivity index (χ2v) is 7.64. The van der Waals surface area contributed by atoms with Crippen LogP contribution in [0.3, 0.4) is 0 Å². The van der Waals surface area contributed by atoms with E-state index >= 15 is 0 Å². The molecule has 29 heavy (non-hydrogen) atoms. The highest BCUT2D eigenvalue weighted by Crippen LogP contribution is 2.24. The molecule has 1 fully saturated rings. The number of nitrogens with zero attached hydrogens (tertiary/aromatic N) is 3. The average Bonchev–Trinajstić information content (AvgIpc) is 3.46. The van der Waals surface area contributed by atoms with Crippen LogP contribution in [0.15, 0.2) is 72.2 Å². The standard InChI is InChI=1S/C24H29N5/c1-25-24(28-22-7-3-4-8-22)27-16-21-6-2-5-9-23(21)20-12-10-19(11-13-20)17-29-15-14-26-18-29/h2,5-6,9-15,18,22H,3-4,7-8,16-17H2,1H3,(H2,25,27,28). The van der Waals surface area contributed by atoms with E-state index in [2.05, 4.69) is 73.7 Å². The second kappa shape index (κ2) is 9.41. The molecule has 1 saturated carbocycles. The largest absolute Gasteiger partial charge is 0.354 e. The van der Waals surface area contributed by atoms with Crippen LogP contribution in [0.1, 0.15) is 36.8 Å². The molecule has 0 bridgehead atoms. The number of guanidine groups is 1. The molecule has 5 nitrogen and oxygen atoms in total. The summed E-state index contributed by atoms with van der Waals surface area (Å²) in [6.45, 7) is 1.59. The van der Waals surface area contributed by atoms with Gasteiger partial charge in [0.2, 0.25) is 0 Å². The van der Waals surface area contributed by atoms with Crippen LogP contribution >= 0.6 is 0 Å². The number of benzene rings is 2. The third-order valence-corrected chi connectivity index (χ3v) is 5.57. The van der Waals surface area contributed by atoms with E-state index in [1.807, 2.05) is 25.8 Å². The molecule has 0 unspecified atom stereocenters. The van der Waals surface area contributed by atoms with E-state index in [0.717, 1.165) is 19.0 Å². The van der Waals surface area contributed by atoms with Gasteiger partial charge in [0.15, 0.2) is 5.96 Å². The predicted octanol–water partition coefficient (Wildman–Crippen LogP) is 4.21. The Morgan fingerprint density at radius 2 is 1.90 bits per heavy atom. The molecule has 0 saturated heterocycles. The second-order valence-electron chi connectivity index (χ2n) is 7.64. The highest BCUT2D eigenvalue weighted by atomic mass is 15.2. The van der Waals surface area contributed by atoms with Gasteiger partial charge in [-0.2, -0.15) is 0 Å². The summed E-state index contributed by atoms with van der Waals surface area (Å²) in [4.78, 5) is 8.51. The summed E-state index contributed by atoms with van der Waals surface area (Å²) in [7, 11) is 1.84. The summed E-state index contributed by atoms with van der Waals surface area (Å²) in [5, 5.41) is 7.05. The Bertz CT molecular complexity index is 922. The van der Waals surface area contributed by atoms with Crippen LogP contribution in [0.2, 0.25) is 0 Å². The molecule has 0 atom stereocenters. The normalized spacial score (nSPS) is 14.9. The van der Waals surface area contributed by atoms with Crippen LogP contribution in [0.4, 0.5) is 0 Å². The van der Waals surface area contributed by atoms with Crippen molar-refractivity contribution in [2.75, 3.05) is 7.05 Å². The van der Waals surface area contributed by atoms with E-state index in [0.29, 0.717) is 6.04 Å². The molecule has 150 valence electrons. The molecule has 4 rings (SSSR count). The molecular formula is C24H29N5. The van der Waals surface area contributed by atoms with Gasteiger partial charge in [-0.1, -0.05) is 61.4 Å². The van der Waals surface area contributed by atoms with Crippen molar-refractivity contribution in [1.82, 2.24) is 20.2 Å². The van der Waals surface area contributed by atoms with E-state index < -0.39 is 0 Å². The lowest BCUT2D eigenvalue weighted by atomic mass is 9.98. The molecule has 1 aliphatic rings. The van der Waals surface area contributed by atoms with Gasteiger partial charge >= 0.3 is 0 Å². The maximum absolute atomic E-state index is 4.40. The Balaban J connectivity index is 1.43. The zero-order valence-electron chi connectivity index (χ0n) is 17.0. The van der Waals surface area contributed by atoms with Crippen molar-refractivity contribution in [3.05, 3.63) is 78.4 Å². The quantitative estimate of drug-likeness (QED) is 0.492. The Kier molecular flexibility index (Phi) is 6.25. The zero-order valence-corrected chi connectivity index (χ0v) is 17.0. The van der Waals surface area contributed by atoms with Gasteiger partial charge in [-0.15, -0.1) is 0 Å². The molecule has 0 radical (unpaired) electrons. The van der Waals surface area contributed by atoms with Crippen molar-refractivity contribution in [3.8, 4) is 11.1 Å². The van der Waals surface area contributed by atoms with E-state index in [1.54, 1.807) is 0 Å². The van der Waals surface area contributed by atoms with Gasteiger partial charge in [0.25, 0.3) is 0 Å². The number of rotatable bonds is 6. The molecule has 2 N–H and O–H groups in total. The third-order valence-electron chi connectivity index (χ3n) is 5.57. The first kappa shape index (κ1) is 19.2. The minimum atomic E-state index is 0.555. The Labute approximate surface area is 172 Å². The van der Waals surface area contributed by atoms with Crippen molar-refractivity contribution >= 4 is 5.96 Å². The Morgan fingerprint density at radius 1 is 1.10 bits per heavy atom. The molecule has 0 amide bonds. The highest BCUT2D eigenvalue weighted by molar-refractivity contribution is 5.80. The monoisotopic (exact) mass is 387 g/mol. The van der Waals surface area contributed by atoms with Crippen LogP contribution in [-0.4, -0.2) is 28.6 Å². The maximum Gasteiger partial charge on any atom is 0.191 e. The zero-order chi connectivity index (χ0) is 19.9. The average molecular weight is 388 g/mol. The van der Waals surface area contributed by atoms with Crippen molar-refractivity contribution in [1.29, 1.82) is 0 Å². The fourth-order valence-corrected chi connectivity index (χ4v) is 3.97. The van der Waals surface area contributed by atoms with Gasteiger partial charge in [-0.05, 0) is 35.1 Å². The first-order valence-corrected chi connectivity index (χ1v) is 10.4. The minimum Gasteiger partial charge on any atom is -0.354 e. The lowest BCUT2D eigenvalue weighted by molar-refractivity contribution is 0.613. The minimum absolute atomic E-state index is 0.555. The number of nitrogens with one attached hydrogen (secondary N) is 2. The van der Waals surface area contributed by atoms with Crippen LogP contribution in [0.5, 0.6) is 0 Å². The number of aromatic nitrogens is 2. The fourth-order valence-electron chi connectivity index (χ4n) is 3.97. The predicted molar refractivity (Wildman–Crippen MR) is 119 cm³/mol. The summed E-state index contributed by atoms with van der Waals surface area (Å²) < 4.78 is 2.08. The van der Waals surface area contributed by atoms with E-state index in [4.69, 9.17) is 0 Å². The number of hydrogen-bond donors (Lipinski definition) is 2. The molecular weight excluding hydrogens is 358 g/mol. The van der Waals surface area contributed by atoms with Crippen LogP contribution in [0, 0.1) is 0 Å². The summed E-state index contributed by atoms with van der Waals surface area (Å²) in [6, 6.07) is 17.9. The number of imidazole rings is 1. The van der Waals surface area contributed by atoms with Gasteiger partial charge in [-0.25, -0.2) is 4.98 Å². The van der Waals surface area contributed by atoms with Crippen LogP contribution in [-0.2, 0) is 13.1 Å². The van der Waals surface area contributed by atoms with Gasteiger partial charge < -0.3 is 15.2 Å². The van der Waals surface area contributed by atoms with Gasteiger partial charge in [0.1, 0.15) is 0 Å². The fraction of sp³-hybridized carbons (Fsp3) is 0.333. The lowest BCUT2D eigenvalue weighted by Gasteiger charge is -2.18. The van der Waals surface area contributed by atoms with E-state index in [-0.39, 0.29) is 0 Å². The van der Waals surface area contributed by atoms with Crippen molar-refractivity contribution in [2.24, 2.45) is 4.99 Å². The van der Waals surface area contributed by atoms with Gasteiger partial charge in [0, 0.05) is 38.6 Å². The molecule has 0 spiro atoms. The SMILES string of the molecule is CN=C(NCc1ccccc1-c1ccc(Cn2ccnc2)cc1)NC1CCCC1. The van der Waals surface area contributed by atoms with Gasteiger partial charge in [0.05, 0.1) is 6.33 Å². The van der Waals surface area contributed by atoms with E-state index in [9.17, 15) is 0 Å². The summed E-state index contributed by atoms with van der Waals surface area (Å²) in [5.74, 6) is 0.891. The van der Waals surface area contributed by atoms with Gasteiger partial charge in [-0.3, -0.25) is 4.99 Å².